The number of carbonyl (C=O) groups excluding carboxylic acids is 1. The Morgan fingerprint density at radius 2 is 1.76 bits per heavy atom. The summed E-state index contributed by atoms with van der Waals surface area (Å²) in [6.07, 6.45) is 0. The van der Waals surface area contributed by atoms with Crippen molar-refractivity contribution >= 4 is 38.3 Å². The number of rotatable bonds is 7. The number of thiazole rings is 1. The minimum atomic E-state index is -0.742. The first-order valence-electron chi connectivity index (χ1n) is 8.17. The third kappa shape index (κ3) is 3.59. The molecule has 0 saturated heterocycles. The Kier molecular flexibility index (Phi) is 5.69. The van der Waals surface area contributed by atoms with Crippen LogP contribution in [0.25, 0.3) is 10.2 Å². The number of hydrogen-bond acceptors (Lipinski definition) is 9. The van der Waals surface area contributed by atoms with Gasteiger partial charge in [0.25, 0.3) is 5.91 Å². The minimum absolute atomic E-state index is 0.0166. The van der Waals surface area contributed by atoms with Crippen molar-refractivity contribution in [1.82, 2.24) is 4.98 Å². The molecule has 152 valence electrons. The van der Waals surface area contributed by atoms with Crippen LogP contribution in [0.1, 0.15) is 10.4 Å². The number of amides is 1. The van der Waals surface area contributed by atoms with E-state index in [1.165, 1.54) is 45.8 Å². The van der Waals surface area contributed by atoms with Crippen molar-refractivity contribution < 1.29 is 28.7 Å². The van der Waals surface area contributed by atoms with Crippen molar-refractivity contribution in [1.29, 1.82) is 0 Å². The van der Waals surface area contributed by atoms with Gasteiger partial charge in [-0.25, -0.2) is 4.98 Å². The van der Waals surface area contributed by atoms with Crippen molar-refractivity contribution in [3.05, 3.63) is 39.9 Å². The first-order valence-corrected chi connectivity index (χ1v) is 8.99. The highest BCUT2D eigenvalue weighted by Gasteiger charge is 2.32. The number of ether oxygens (including phenoxy) is 4. The van der Waals surface area contributed by atoms with Gasteiger partial charge in [0.05, 0.1) is 38.1 Å². The molecule has 0 saturated carbocycles. The van der Waals surface area contributed by atoms with Gasteiger partial charge in [0.2, 0.25) is 11.5 Å². The third-order valence-corrected chi connectivity index (χ3v) is 4.99. The SMILES string of the molecule is COc1cc(C(=O)Nc2nc3c(OC)cccc3s2)c([N+](=O)[O-])c(OC)c1OC. The molecule has 0 aliphatic carbocycles. The molecule has 0 unspecified atom stereocenters. The summed E-state index contributed by atoms with van der Waals surface area (Å²) in [5, 5.41) is 14.5. The molecule has 0 aliphatic heterocycles. The van der Waals surface area contributed by atoms with Crippen LogP contribution in [0.15, 0.2) is 24.3 Å². The maximum absolute atomic E-state index is 12.9. The van der Waals surface area contributed by atoms with Gasteiger partial charge in [-0.15, -0.1) is 0 Å². The molecular weight excluding hydrogens is 402 g/mol. The van der Waals surface area contributed by atoms with E-state index in [-0.39, 0.29) is 27.9 Å². The molecule has 2 aromatic carbocycles. The molecule has 1 amide bonds. The predicted octanol–water partition coefficient (Wildman–Crippen LogP) is 3.49. The van der Waals surface area contributed by atoms with Crippen LogP contribution in [-0.4, -0.2) is 44.3 Å². The fourth-order valence-corrected chi connectivity index (χ4v) is 3.68. The normalized spacial score (nSPS) is 10.5. The van der Waals surface area contributed by atoms with E-state index in [1.54, 1.807) is 12.1 Å². The van der Waals surface area contributed by atoms with Gasteiger partial charge in [-0.2, -0.15) is 0 Å². The number of nitrogens with zero attached hydrogens (tertiary/aromatic N) is 2. The molecule has 11 heteroatoms. The Bertz CT molecular complexity index is 1100. The number of fused-ring (bicyclic) bond motifs is 1. The highest BCUT2D eigenvalue weighted by Crippen LogP contribution is 2.46. The van der Waals surface area contributed by atoms with Gasteiger partial charge >= 0.3 is 5.69 Å². The lowest BCUT2D eigenvalue weighted by Gasteiger charge is -2.14. The molecule has 29 heavy (non-hydrogen) atoms. The summed E-state index contributed by atoms with van der Waals surface area (Å²) < 4.78 is 21.5. The fourth-order valence-electron chi connectivity index (χ4n) is 2.80. The van der Waals surface area contributed by atoms with E-state index in [0.717, 1.165) is 4.70 Å². The number of nitrogens with one attached hydrogen (secondary N) is 1. The van der Waals surface area contributed by atoms with Crippen LogP contribution >= 0.6 is 11.3 Å². The molecule has 1 aromatic heterocycles. The van der Waals surface area contributed by atoms with E-state index in [1.807, 2.05) is 6.07 Å². The zero-order valence-corrected chi connectivity index (χ0v) is 16.8. The Morgan fingerprint density at radius 3 is 2.34 bits per heavy atom. The summed E-state index contributed by atoms with van der Waals surface area (Å²) in [4.78, 5) is 28.2. The van der Waals surface area contributed by atoms with Crippen molar-refractivity contribution in [3.8, 4) is 23.0 Å². The highest BCUT2D eigenvalue weighted by atomic mass is 32.1. The van der Waals surface area contributed by atoms with Gasteiger partial charge in [0, 0.05) is 6.07 Å². The molecule has 3 aromatic rings. The van der Waals surface area contributed by atoms with Crippen LogP contribution in [0.2, 0.25) is 0 Å². The van der Waals surface area contributed by atoms with Gasteiger partial charge < -0.3 is 18.9 Å². The second-order valence-corrected chi connectivity index (χ2v) is 6.61. The van der Waals surface area contributed by atoms with Crippen molar-refractivity contribution in [2.45, 2.75) is 0 Å². The van der Waals surface area contributed by atoms with Crippen LogP contribution in [0.3, 0.4) is 0 Å². The second-order valence-electron chi connectivity index (χ2n) is 5.58. The average Bonchev–Trinajstić information content (AvgIpc) is 3.13. The predicted molar refractivity (Wildman–Crippen MR) is 107 cm³/mol. The van der Waals surface area contributed by atoms with E-state index in [0.29, 0.717) is 11.3 Å². The van der Waals surface area contributed by atoms with Gasteiger partial charge in [0.1, 0.15) is 16.8 Å². The molecule has 0 bridgehead atoms. The van der Waals surface area contributed by atoms with E-state index >= 15 is 0 Å². The van der Waals surface area contributed by atoms with Gasteiger partial charge in [-0.1, -0.05) is 17.4 Å². The van der Waals surface area contributed by atoms with Gasteiger partial charge in [-0.05, 0) is 12.1 Å². The smallest absolute Gasteiger partial charge is 0.327 e. The van der Waals surface area contributed by atoms with Crippen molar-refractivity contribution in [2.24, 2.45) is 0 Å². The zero-order chi connectivity index (χ0) is 21.1. The third-order valence-electron chi connectivity index (χ3n) is 4.05. The summed E-state index contributed by atoms with van der Waals surface area (Å²) >= 11 is 1.21. The van der Waals surface area contributed by atoms with E-state index in [9.17, 15) is 14.9 Å². The number of methoxy groups -OCH3 is 4. The molecule has 0 fully saturated rings. The summed E-state index contributed by atoms with van der Waals surface area (Å²) in [6, 6.07) is 6.60. The lowest BCUT2D eigenvalue weighted by molar-refractivity contribution is -0.386. The number of nitro benzene ring substituents is 1. The van der Waals surface area contributed by atoms with E-state index < -0.39 is 16.5 Å². The van der Waals surface area contributed by atoms with Crippen LogP contribution in [0, 0.1) is 10.1 Å². The monoisotopic (exact) mass is 419 g/mol. The Labute approximate surface area is 169 Å². The lowest BCUT2D eigenvalue weighted by atomic mass is 10.1. The van der Waals surface area contributed by atoms with Crippen LogP contribution < -0.4 is 24.3 Å². The Morgan fingerprint density at radius 1 is 1.07 bits per heavy atom. The minimum Gasteiger partial charge on any atom is -0.494 e. The average molecular weight is 419 g/mol. The van der Waals surface area contributed by atoms with Gasteiger partial charge in [0.15, 0.2) is 10.9 Å². The second kappa shape index (κ2) is 8.19. The fraction of sp³-hybridized carbons (Fsp3) is 0.222. The molecule has 1 heterocycles. The largest absolute Gasteiger partial charge is 0.494 e. The van der Waals surface area contributed by atoms with Crippen LogP contribution in [0.5, 0.6) is 23.0 Å². The molecular formula is C18H17N3O7S. The Balaban J connectivity index is 2.08. The van der Waals surface area contributed by atoms with Gasteiger partial charge in [-0.3, -0.25) is 20.2 Å². The number of aromatic nitrogens is 1. The van der Waals surface area contributed by atoms with Crippen LogP contribution in [-0.2, 0) is 0 Å². The molecule has 0 aliphatic rings. The maximum Gasteiger partial charge on any atom is 0.327 e. The zero-order valence-electron chi connectivity index (χ0n) is 16.0. The van der Waals surface area contributed by atoms with Crippen molar-refractivity contribution in [3.63, 3.8) is 0 Å². The molecule has 1 N–H and O–H groups in total. The first kappa shape index (κ1) is 20.1. The lowest BCUT2D eigenvalue weighted by Crippen LogP contribution is -2.15. The first-order chi connectivity index (χ1) is 13.9. The van der Waals surface area contributed by atoms with Crippen LogP contribution in [0.4, 0.5) is 10.8 Å². The quantitative estimate of drug-likeness (QED) is 0.456. The van der Waals surface area contributed by atoms with E-state index in [4.69, 9.17) is 18.9 Å². The number of benzene rings is 2. The van der Waals surface area contributed by atoms with E-state index in [2.05, 4.69) is 10.3 Å². The molecule has 10 nitrogen and oxygen atoms in total. The molecule has 0 spiro atoms. The number of hydrogen-bond donors (Lipinski definition) is 1. The van der Waals surface area contributed by atoms with Crippen molar-refractivity contribution in [2.75, 3.05) is 33.8 Å². The number of nitro groups is 1. The molecule has 3 rings (SSSR count). The number of para-hydroxylation sites is 1. The summed E-state index contributed by atoms with van der Waals surface area (Å²) in [5.74, 6) is -0.269. The number of anilines is 1. The molecule has 0 radical (unpaired) electrons. The molecule has 0 atom stereocenters. The maximum atomic E-state index is 12.9. The summed E-state index contributed by atoms with van der Waals surface area (Å²) in [6.45, 7) is 0. The topological polar surface area (TPSA) is 122 Å². The summed E-state index contributed by atoms with van der Waals surface area (Å²) in [7, 11) is 5.43. The standard InChI is InChI=1S/C18H17N3O7S/c1-25-10-6-5-7-12-13(10)19-18(29-12)20-17(22)9-8-11(26-2)15(27-3)16(28-4)14(9)21(23)24/h5-8H,1-4H3,(H,19,20,22). The highest BCUT2D eigenvalue weighted by molar-refractivity contribution is 7.22. The number of carbonyl (C=O) groups is 1. The Hall–Kier alpha value is -3.60. The summed E-state index contributed by atoms with van der Waals surface area (Å²) in [5.41, 5.74) is -0.216.